The van der Waals surface area contributed by atoms with Crippen LogP contribution < -0.4 is 5.32 Å². The summed E-state index contributed by atoms with van der Waals surface area (Å²) in [5, 5.41) is 22.3. The van der Waals surface area contributed by atoms with Crippen LogP contribution in [0.3, 0.4) is 0 Å². The number of carboxylic acids is 1. The van der Waals surface area contributed by atoms with Gasteiger partial charge in [0, 0.05) is 58.2 Å². The Morgan fingerprint density at radius 2 is 1.76 bits per heavy atom. The number of fused-ring (bicyclic) bond motifs is 2. The number of carbonyl (C=O) groups excluding carboxylic acids is 2. The highest BCUT2D eigenvalue weighted by Crippen LogP contribution is 2.54. The number of halogens is 4. The molecule has 1 saturated carbocycles. The molecule has 0 bridgehead atoms. The van der Waals surface area contributed by atoms with Crippen LogP contribution in [0, 0.1) is 22.2 Å². The van der Waals surface area contributed by atoms with E-state index in [1.54, 1.807) is 17.5 Å². The van der Waals surface area contributed by atoms with E-state index in [1.807, 2.05) is 24.3 Å². The van der Waals surface area contributed by atoms with Crippen molar-refractivity contribution in [3.05, 3.63) is 52.6 Å². The number of aliphatic carboxylic acids is 1. The third-order valence-electron chi connectivity index (χ3n) is 9.02. The van der Waals surface area contributed by atoms with E-state index in [-0.39, 0.29) is 23.8 Å². The summed E-state index contributed by atoms with van der Waals surface area (Å²) in [6, 6.07) is 12.6. The van der Waals surface area contributed by atoms with Crippen molar-refractivity contribution in [1.82, 2.24) is 19.8 Å². The molecular weight excluding hydrogens is 643 g/mol. The minimum Gasteiger partial charge on any atom is -0.475 e. The number of hydrogen-bond donors (Lipinski definition) is 2. The molecule has 46 heavy (non-hydrogen) atoms. The molecule has 3 aliphatic rings. The van der Waals surface area contributed by atoms with Crippen molar-refractivity contribution in [2.45, 2.75) is 57.8 Å². The number of hydrogen-bond acceptors (Lipinski definition) is 7. The highest BCUT2D eigenvalue weighted by Gasteiger charge is 2.51. The molecule has 14 heteroatoms. The monoisotopic (exact) mass is 671 g/mol. The molecule has 0 unspecified atom stereocenters. The number of piperidine rings is 2. The standard InChI is InChI=1S/C30H28ClN5O2S.C2HF3O2/c31-20-11-19-2-10-35(18-30(17-32)5-8-33-9-6-30)27(19)23(12-20)22-1-7-34-24-13-21(39-28(22)24)16-36-25(37)14-29(3-4-29)15-26(36)38;3-2(4,5)1(6)7/h1-2,7,10-13,33H,3-6,8-9,14-16,18H2;(H,6,7). The Morgan fingerprint density at radius 1 is 1.09 bits per heavy atom. The molecule has 0 radical (unpaired) electrons. The van der Waals surface area contributed by atoms with Gasteiger partial charge in [0.15, 0.2) is 0 Å². The second kappa shape index (κ2) is 12.0. The van der Waals surface area contributed by atoms with E-state index in [0.29, 0.717) is 24.4 Å². The van der Waals surface area contributed by atoms with Crippen LogP contribution in [0.25, 0.3) is 32.2 Å². The van der Waals surface area contributed by atoms with Crippen LogP contribution in [0.5, 0.6) is 0 Å². The zero-order valence-corrected chi connectivity index (χ0v) is 26.1. The van der Waals surface area contributed by atoms with Gasteiger partial charge >= 0.3 is 12.1 Å². The van der Waals surface area contributed by atoms with Crippen LogP contribution in [0.1, 0.15) is 43.4 Å². The molecule has 3 aromatic heterocycles. The third-order valence-corrected chi connectivity index (χ3v) is 10.4. The van der Waals surface area contributed by atoms with Gasteiger partial charge in [0.05, 0.1) is 33.8 Å². The molecule has 1 spiro atoms. The highest BCUT2D eigenvalue weighted by molar-refractivity contribution is 7.19. The molecule has 240 valence electrons. The average Bonchev–Trinajstić information content (AvgIpc) is 3.41. The first kappa shape index (κ1) is 32.0. The number of alkyl halides is 3. The smallest absolute Gasteiger partial charge is 0.475 e. The summed E-state index contributed by atoms with van der Waals surface area (Å²) >= 11 is 8.18. The fraction of sp³-hybridized carbons (Fsp3) is 0.406. The van der Waals surface area contributed by atoms with Crippen LogP contribution in [0.2, 0.25) is 5.02 Å². The van der Waals surface area contributed by atoms with E-state index in [4.69, 9.17) is 21.5 Å². The molecule has 7 rings (SSSR count). The van der Waals surface area contributed by atoms with Gasteiger partial charge in [0.2, 0.25) is 11.8 Å². The Hall–Kier alpha value is -3.99. The molecule has 2 saturated heterocycles. The largest absolute Gasteiger partial charge is 0.490 e. The van der Waals surface area contributed by atoms with Crippen molar-refractivity contribution in [1.29, 1.82) is 5.26 Å². The highest BCUT2D eigenvalue weighted by atomic mass is 35.5. The summed E-state index contributed by atoms with van der Waals surface area (Å²) in [4.78, 5) is 41.5. The van der Waals surface area contributed by atoms with E-state index in [1.165, 1.54) is 4.90 Å². The van der Waals surface area contributed by atoms with Gasteiger partial charge < -0.3 is 15.0 Å². The van der Waals surface area contributed by atoms with Gasteiger partial charge in [-0.25, -0.2) is 4.79 Å². The maximum absolute atomic E-state index is 12.8. The number of amides is 2. The molecule has 9 nitrogen and oxygen atoms in total. The number of thiophene rings is 1. The number of nitrogens with zero attached hydrogens (tertiary/aromatic N) is 4. The lowest BCUT2D eigenvalue weighted by atomic mass is 9.80. The van der Waals surface area contributed by atoms with Crippen LogP contribution in [-0.2, 0) is 27.5 Å². The SMILES string of the molecule is N#CC1(Cn2ccc3cc(Cl)cc(-c4ccnc5cc(CN6C(=O)CC7(CC7)CC6=O)sc45)c32)CCNCC1.O=C(O)C(F)(F)F. The molecule has 2 N–H and O–H groups in total. The normalized spacial score (nSPS) is 18.8. The topological polar surface area (TPSA) is 128 Å². The quantitative estimate of drug-likeness (QED) is 0.231. The fourth-order valence-corrected chi connectivity index (χ4v) is 7.72. The molecule has 5 heterocycles. The van der Waals surface area contributed by atoms with Crippen LogP contribution in [-0.4, -0.2) is 56.6 Å². The number of nitrogens with one attached hydrogen (secondary N) is 1. The molecule has 3 fully saturated rings. The second-order valence-corrected chi connectivity index (χ2v) is 13.9. The van der Waals surface area contributed by atoms with Crippen molar-refractivity contribution in [3.8, 4) is 17.2 Å². The Balaban J connectivity index is 0.000000480. The van der Waals surface area contributed by atoms with E-state index in [2.05, 4.69) is 33.2 Å². The minimum atomic E-state index is -5.08. The Morgan fingerprint density at radius 3 is 2.37 bits per heavy atom. The zero-order chi connectivity index (χ0) is 32.9. The third kappa shape index (κ3) is 6.34. The van der Waals surface area contributed by atoms with Crippen molar-refractivity contribution in [2.75, 3.05) is 13.1 Å². The van der Waals surface area contributed by atoms with Crippen LogP contribution in [0.15, 0.2) is 42.7 Å². The lowest BCUT2D eigenvalue weighted by Gasteiger charge is -2.32. The number of likely N-dealkylation sites (tertiary alicyclic amines) is 1. The number of rotatable bonds is 5. The lowest BCUT2D eigenvalue weighted by Crippen LogP contribution is -2.43. The molecule has 0 atom stereocenters. The van der Waals surface area contributed by atoms with Crippen molar-refractivity contribution >= 4 is 61.8 Å². The summed E-state index contributed by atoms with van der Waals surface area (Å²) in [6.45, 7) is 2.59. The minimum absolute atomic E-state index is 0.0509. The molecule has 4 aromatic rings. The van der Waals surface area contributed by atoms with Gasteiger partial charge in [-0.2, -0.15) is 18.4 Å². The first-order valence-electron chi connectivity index (χ1n) is 14.7. The predicted molar refractivity (Wildman–Crippen MR) is 166 cm³/mol. The summed E-state index contributed by atoms with van der Waals surface area (Å²) < 4.78 is 34.9. The molecule has 2 aliphatic heterocycles. The van der Waals surface area contributed by atoms with Gasteiger partial charge in [-0.15, -0.1) is 11.3 Å². The van der Waals surface area contributed by atoms with Crippen LogP contribution in [0.4, 0.5) is 13.2 Å². The lowest BCUT2D eigenvalue weighted by molar-refractivity contribution is -0.192. The fourth-order valence-electron chi connectivity index (χ4n) is 6.36. The van der Waals surface area contributed by atoms with Crippen molar-refractivity contribution in [2.24, 2.45) is 10.8 Å². The van der Waals surface area contributed by atoms with Gasteiger partial charge in [-0.05, 0) is 74.5 Å². The van der Waals surface area contributed by atoms with E-state index in [0.717, 1.165) is 75.9 Å². The number of imide groups is 1. The van der Waals surface area contributed by atoms with Crippen molar-refractivity contribution in [3.63, 3.8) is 0 Å². The Kier molecular flexibility index (Phi) is 8.33. The summed E-state index contributed by atoms with van der Waals surface area (Å²) in [5.41, 5.74) is 3.42. The van der Waals surface area contributed by atoms with E-state index >= 15 is 0 Å². The number of nitriles is 1. The number of pyridine rings is 1. The first-order chi connectivity index (χ1) is 21.8. The average molecular weight is 672 g/mol. The maximum Gasteiger partial charge on any atom is 0.490 e. The van der Waals surface area contributed by atoms with E-state index in [9.17, 15) is 28.0 Å². The van der Waals surface area contributed by atoms with Gasteiger partial charge in [0.25, 0.3) is 0 Å². The van der Waals surface area contributed by atoms with Crippen LogP contribution >= 0.6 is 22.9 Å². The maximum atomic E-state index is 12.8. The molecule has 1 aromatic carbocycles. The first-order valence-corrected chi connectivity index (χ1v) is 15.9. The number of aromatic nitrogens is 2. The van der Waals surface area contributed by atoms with Gasteiger partial charge in [0.1, 0.15) is 0 Å². The predicted octanol–water partition coefficient (Wildman–Crippen LogP) is 6.53. The molecule has 2 amide bonds. The molecular formula is C32H29ClF3N5O4S. The van der Waals surface area contributed by atoms with Gasteiger partial charge in [-0.1, -0.05) is 11.6 Å². The van der Waals surface area contributed by atoms with Crippen molar-refractivity contribution < 1.29 is 32.7 Å². The second-order valence-electron chi connectivity index (χ2n) is 12.3. The summed E-state index contributed by atoms with van der Waals surface area (Å²) in [5.74, 6) is -2.88. The number of carbonyl (C=O) groups is 3. The molecule has 1 aliphatic carbocycles. The Labute approximate surface area is 270 Å². The van der Waals surface area contributed by atoms with Gasteiger partial charge in [-0.3, -0.25) is 19.5 Å². The Bertz CT molecular complexity index is 1880. The number of carboxylic acid groups (broad SMARTS) is 1. The number of benzene rings is 1. The van der Waals surface area contributed by atoms with E-state index < -0.39 is 17.6 Å². The summed E-state index contributed by atoms with van der Waals surface area (Å²) in [6.07, 6.45) is 3.32. The summed E-state index contributed by atoms with van der Waals surface area (Å²) in [7, 11) is 0. The zero-order valence-electron chi connectivity index (χ0n) is 24.5.